The molecule has 2 aromatic rings. The molecule has 7 heteroatoms. The second kappa shape index (κ2) is 9.49. The molecule has 0 radical (unpaired) electrons. The highest BCUT2D eigenvalue weighted by atomic mass is 16.5. The van der Waals surface area contributed by atoms with Crippen LogP contribution in [0.2, 0.25) is 0 Å². The van der Waals surface area contributed by atoms with E-state index in [0.717, 1.165) is 42.6 Å². The van der Waals surface area contributed by atoms with Crippen LogP contribution in [0.4, 0.5) is 5.69 Å². The van der Waals surface area contributed by atoms with Crippen molar-refractivity contribution in [1.82, 2.24) is 10.2 Å². The van der Waals surface area contributed by atoms with Gasteiger partial charge < -0.3 is 20.3 Å². The number of methoxy groups -OCH3 is 1. The van der Waals surface area contributed by atoms with Gasteiger partial charge in [0.15, 0.2) is 0 Å². The number of carbonyl (C=O) groups is 3. The van der Waals surface area contributed by atoms with Gasteiger partial charge in [-0.1, -0.05) is 37.5 Å². The molecule has 5 rings (SSSR count). The van der Waals surface area contributed by atoms with E-state index in [4.69, 9.17) is 4.74 Å². The van der Waals surface area contributed by atoms with Crippen LogP contribution in [-0.4, -0.2) is 48.4 Å². The topological polar surface area (TPSA) is 87.7 Å². The molecule has 3 aliphatic rings. The summed E-state index contributed by atoms with van der Waals surface area (Å²) in [6.45, 7) is 0.443. The molecule has 178 valence electrons. The summed E-state index contributed by atoms with van der Waals surface area (Å²) in [5.41, 5.74) is 2.89. The molecule has 2 atom stereocenters. The van der Waals surface area contributed by atoms with Crippen LogP contribution in [-0.2, 0) is 9.59 Å². The summed E-state index contributed by atoms with van der Waals surface area (Å²) in [5.74, 6) is 0.609. The van der Waals surface area contributed by atoms with Gasteiger partial charge in [-0.15, -0.1) is 0 Å². The summed E-state index contributed by atoms with van der Waals surface area (Å²) in [4.78, 5) is 41.0. The third-order valence-electron chi connectivity index (χ3n) is 7.42. The number of fused-ring (bicyclic) bond motifs is 2. The van der Waals surface area contributed by atoms with Crippen molar-refractivity contribution in [2.24, 2.45) is 5.92 Å². The summed E-state index contributed by atoms with van der Waals surface area (Å²) in [5, 5.41) is 6.12. The van der Waals surface area contributed by atoms with E-state index in [1.807, 2.05) is 36.4 Å². The normalized spacial score (nSPS) is 22.8. The molecule has 0 bridgehead atoms. The second-order valence-electron chi connectivity index (χ2n) is 9.56. The van der Waals surface area contributed by atoms with Crippen LogP contribution >= 0.6 is 0 Å². The van der Waals surface area contributed by atoms with Gasteiger partial charge in [0.1, 0.15) is 11.8 Å². The zero-order valence-corrected chi connectivity index (χ0v) is 19.5. The highest BCUT2D eigenvalue weighted by Gasteiger charge is 2.40. The quantitative estimate of drug-likeness (QED) is 0.721. The van der Waals surface area contributed by atoms with E-state index in [0.29, 0.717) is 30.6 Å². The number of hydrogen-bond donors (Lipinski definition) is 2. The highest BCUT2D eigenvalue weighted by Crippen LogP contribution is 2.32. The number of nitrogens with one attached hydrogen (secondary N) is 2. The van der Waals surface area contributed by atoms with Crippen LogP contribution in [0.1, 0.15) is 55.3 Å². The fraction of sp³-hybridized carbons (Fsp3) is 0.444. The number of carbonyl (C=O) groups excluding carboxylic acids is 3. The third-order valence-corrected chi connectivity index (χ3v) is 7.42. The first-order valence-corrected chi connectivity index (χ1v) is 12.2. The minimum atomic E-state index is -0.588. The first-order chi connectivity index (χ1) is 16.5. The summed E-state index contributed by atoms with van der Waals surface area (Å²) >= 11 is 0. The van der Waals surface area contributed by atoms with E-state index in [2.05, 4.69) is 10.6 Å². The van der Waals surface area contributed by atoms with Crippen LogP contribution in [0.25, 0.3) is 11.1 Å². The van der Waals surface area contributed by atoms with E-state index < -0.39 is 6.04 Å². The molecule has 2 aliphatic heterocycles. The van der Waals surface area contributed by atoms with Crippen LogP contribution in [0, 0.1) is 5.92 Å². The number of ether oxygens (including phenoxy) is 1. The van der Waals surface area contributed by atoms with E-state index in [1.54, 1.807) is 18.1 Å². The van der Waals surface area contributed by atoms with Gasteiger partial charge in [0.25, 0.3) is 5.91 Å². The van der Waals surface area contributed by atoms with Crippen LogP contribution in [0.3, 0.4) is 0 Å². The maximum absolute atomic E-state index is 13.5. The van der Waals surface area contributed by atoms with Crippen molar-refractivity contribution in [3.8, 4) is 16.9 Å². The molecular formula is C27H31N3O4. The Hall–Kier alpha value is -3.35. The van der Waals surface area contributed by atoms with Crippen molar-refractivity contribution in [3.05, 3.63) is 48.0 Å². The molecule has 1 saturated heterocycles. The van der Waals surface area contributed by atoms with Gasteiger partial charge in [0, 0.05) is 18.5 Å². The molecule has 0 unspecified atom stereocenters. The van der Waals surface area contributed by atoms with E-state index in [1.165, 1.54) is 6.42 Å². The lowest BCUT2D eigenvalue weighted by Crippen LogP contribution is -2.55. The van der Waals surface area contributed by atoms with E-state index in [9.17, 15) is 14.4 Å². The van der Waals surface area contributed by atoms with Crippen molar-refractivity contribution in [2.75, 3.05) is 19.0 Å². The Kier molecular flexibility index (Phi) is 6.26. The number of rotatable bonds is 4. The highest BCUT2D eigenvalue weighted by molar-refractivity contribution is 6.10. The van der Waals surface area contributed by atoms with Gasteiger partial charge in [-0.05, 0) is 61.1 Å². The van der Waals surface area contributed by atoms with Crippen molar-refractivity contribution in [2.45, 2.75) is 57.0 Å². The second-order valence-corrected chi connectivity index (χ2v) is 9.56. The van der Waals surface area contributed by atoms with Gasteiger partial charge in [-0.3, -0.25) is 14.4 Å². The molecule has 2 N–H and O–H groups in total. The lowest BCUT2D eigenvalue weighted by atomic mass is 9.88. The van der Waals surface area contributed by atoms with Gasteiger partial charge >= 0.3 is 0 Å². The van der Waals surface area contributed by atoms with Crippen molar-refractivity contribution in [3.63, 3.8) is 0 Å². The molecule has 3 amide bonds. The Morgan fingerprint density at radius 2 is 1.74 bits per heavy atom. The van der Waals surface area contributed by atoms with E-state index >= 15 is 0 Å². The first kappa shape index (κ1) is 22.4. The van der Waals surface area contributed by atoms with Crippen LogP contribution < -0.4 is 15.4 Å². The SMILES string of the molecule is COc1ccc(-c2ccc3c(c2)C(=O)N2CC[C@H](NC(=O)C4CCCCC4)C[C@H]2C(=O)N3)cc1. The average molecular weight is 462 g/mol. The standard InChI is InChI=1S/C27H31N3O4/c1-34-21-10-7-17(8-11-21)19-9-12-23-22(15-19)27(33)30-14-13-20(16-24(30)26(32)29-23)28-25(31)18-5-3-2-4-6-18/h7-12,15,18,20,24H,2-6,13-14,16H2,1H3,(H,28,31)(H,29,32)/t20-,24-/m0/s1. The summed E-state index contributed by atoms with van der Waals surface area (Å²) < 4.78 is 5.23. The van der Waals surface area contributed by atoms with Crippen LogP contribution in [0.5, 0.6) is 5.75 Å². The molecule has 0 spiro atoms. The van der Waals surface area contributed by atoms with Crippen LogP contribution in [0.15, 0.2) is 42.5 Å². The fourth-order valence-electron chi connectivity index (χ4n) is 5.44. The third kappa shape index (κ3) is 4.39. The zero-order valence-electron chi connectivity index (χ0n) is 19.5. The van der Waals surface area contributed by atoms with Gasteiger partial charge in [-0.25, -0.2) is 0 Å². The summed E-state index contributed by atoms with van der Waals surface area (Å²) in [6, 6.07) is 12.5. The number of amides is 3. The number of benzene rings is 2. The van der Waals surface area contributed by atoms with Crippen molar-refractivity contribution >= 4 is 23.4 Å². The summed E-state index contributed by atoms with van der Waals surface area (Å²) in [6.07, 6.45) is 6.39. The molecule has 0 aromatic heterocycles. The molecule has 2 fully saturated rings. The molecule has 2 heterocycles. The number of nitrogens with zero attached hydrogens (tertiary/aromatic N) is 1. The van der Waals surface area contributed by atoms with Crippen molar-refractivity contribution in [1.29, 1.82) is 0 Å². The maximum atomic E-state index is 13.5. The minimum absolute atomic E-state index is 0.0806. The molecule has 7 nitrogen and oxygen atoms in total. The molecular weight excluding hydrogens is 430 g/mol. The number of hydrogen-bond acceptors (Lipinski definition) is 4. The number of piperidine rings is 1. The van der Waals surface area contributed by atoms with Gasteiger partial charge in [0.2, 0.25) is 11.8 Å². The Labute approximate surface area is 199 Å². The Bertz CT molecular complexity index is 1090. The average Bonchev–Trinajstić information content (AvgIpc) is 2.98. The maximum Gasteiger partial charge on any atom is 0.256 e. The zero-order chi connectivity index (χ0) is 23.7. The lowest BCUT2D eigenvalue weighted by molar-refractivity contribution is -0.128. The predicted molar refractivity (Wildman–Crippen MR) is 130 cm³/mol. The summed E-state index contributed by atoms with van der Waals surface area (Å²) in [7, 11) is 1.62. The smallest absolute Gasteiger partial charge is 0.256 e. The largest absolute Gasteiger partial charge is 0.497 e. The van der Waals surface area contributed by atoms with Crippen molar-refractivity contribution < 1.29 is 19.1 Å². The minimum Gasteiger partial charge on any atom is -0.497 e. The van der Waals surface area contributed by atoms with Gasteiger partial charge in [0.05, 0.1) is 18.4 Å². The Morgan fingerprint density at radius 3 is 2.47 bits per heavy atom. The first-order valence-electron chi connectivity index (χ1n) is 12.2. The Morgan fingerprint density at radius 1 is 1.00 bits per heavy atom. The fourth-order valence-corrected chi connectivity index (χ4v) is 5.44. The molecule has 2 aromatic carbocycles. The molecule has 1 aliphatic carbocycles. The molecule has 34 heavy (non-hydrogen) atoms. The monoisotopic (exact) mass is 461 g/mol. The van der Waals surface area contributed by atoms with E-state index in [-0.39, 0.29) is 29.7 Å². The predicted octanol–water partition coefficient (Wildman–Crippen LogP) is 3.98. The number of anilines is 1. The lowest BCUT2D eigenvalue weighted by Gasteiger charge is -2.38. The Balaban J connectivity index is 1.33. The molecule has 1 saturated carbocycles. The van der Waals surface area contributed by atoms with Gasteiger partial charge in [-0.2, -0.15) is 0 Å².